The molecule has 0 radical (unpaired) electrons. The second kappa shape index (κ2) is 8.05. The van der Waals surface area contributed by atoms with Crippen LogP contribution < -0.4 is 5.32 Å². The average Bonchev–Trinajstić information content (AvgIpc) is 2.67. The van der Waals surface area contributed by atoms with E-state index >= 15 is 0 Å². The van der Waals surface area contributed by atoms with Crippen LogP contribution in [0, 0.1) is 10.1 Å². The third-order valence-corrected chi connectivity index (χ3v) is 3.90. The smallest absolute Gasteiger partial charge is 0.293 e. The van der Waals surface area contributed by atoms with Gasteiger partial charge in [0.2, 0.25) is 0 Å². The number of pyridine rings is 1. The number of anilines is 2. The summed E-state index contributed by atoms with van der Waals surface area (Å²) in [6, 6.07) is 17.6. The lowest BCUT2D eigenvalue weighted by molar-refractivity contribution is -0.383. The highest BCUT2D eigenvalue weighted by Crippen LogP contribution is 2.29. The molecule has 0 aliphatic rings. The first-order chi connectivity index (χ1) is 13.0. The lowest BCUT2D eigenvalue weighted by atomic mass is 10.1. The molecule has 6 nitrogen and oxygen atoms in total. The molecule has 6 heteroatoms. The predicted octanol–water partition coefficient (Wildman–Crippen LogP) is 5.11. The molecule has 1 aromatic heterocycles. The van der Waals surface area contributed by atoms with Gasteiger partial charge in [0.1, 0.15) is 5.69 Å². The highest BCUT2D eigenvalue weighted by atomic mass is 16.6. The number of nitrogens with zero attached hydrogens (tertiary/aromatic N) is 2. The molecule has 0 unspecified atom stereocenters. The number of carbonyl (C=O) groups is 1. The zero-order valence-electron chi connectivity index (χ0n) is 14.6. The molecule has 0 atom stereocenters. The second-order valence-corrected chi connectivity index (χ2v) is 5.88. The molecule has 0 aliphatic heterocycles. The van der Waals surface area contributed by atoms with Gasteiger partial charge in [-0.1, -0.05) is 24.3 Å². The van der Waals surface area contributed by atoms with Crippen molar-refractivity contribution in [2.24, 2.45) is 0 Å². The van der Waals surface area contributed by atoms with Crippen LogP contribution in [0.5, 0.6) is 0 Å². The van der Waals surface area contributed by atoms with Crippen LogP contribution in [-0.2, 0) is 0 Å². The first-order valence-corrected chi connectivity index (χ1v) is 8.28. The molecule has 27 heavy (non-hydrogen) atoms. The van der Waals surface area contributed by atoms with Crippen molar-refractivity contribution in [3.63, 3.8) is 0 Å². The Balaban J connectivity index is 1.85. The van der Waals surface area contributed by atoms with E-state index in [1.165, 1.54) is 13.0 Å². The van der Waals surface area contributed by atoms with Crippen LogP contribution in [0.15, 0.2) is 66.9 Å². The normalized spacial score (nSPS) is 10.7. The van der Waals surface area contributed by atoms with Gasteiger partial charge in [-0.3, -0.25) is 19.9 Å². The maximum Gasteiger partial charge on any atom is 0.293 e. The Morgan fingerprint density at radius 1 is 1.07 bits per heavy atom. The van der Waals surface area contributed by atoms with E-state index < -0.39 is 4.92 Å². The topological polar surface area (TPSA) is 85.1 Å². The van der Waals surface area contributed by atoms with Crippen LogP contribution in [0.4, 0.5) is 17.1 Å². The van der Waals surface area contributed by atoms with E-state index in [0.717, 1.165) is 11.3 Å². The summed E-state index contributed by atoms with van der Waals surface area (Å²) in [5.41, 5.74) is 2.96. The van der Waals surface area contributed by atoms with E-state index in [9.17, 15) is 14.9 Å². The molecule has 0 saturated carbocycles. The summed E-state index contributed by atoms with van der Waals surface area (Å²) in [5.74, 6) is -0.216. The van der Waals surface area contributed by atoms with Gasteiger partial charge in [-0.05, 0) is 55.0 Å². The fraction of sp³-hybridized carbons (Fsp3) is 0.0476. The lowest BCUT2D eigenvalue weighted by Crippen LogP contribution is -2.00. The van der Waals surface area contributed by atoms with Gasteiger partial charge in [0.15, 0.2) is 5.78 Å². The van der Waals surface area contributed by atoms with Crippen LogP contribution in [0.3, 0.4) is 0 Å². The SMILES string of the molecule is CC(=O)c1ccc(Nc2cccc(/C=C/c3ccccn3)c2)c([N+](=O)[O-])c1. The predicted molar refractivity (Wildman–Crippen MR) is 106 cm³/mol. The van der Waals surface area contributed by atoms with Gasteiger partial charge in [0.05, 0.1) is 10.6 Å². The molecule has 1 N–H and O–H groups in total. The van der Waals surface area contributed by atoms with Crippen LogP contribution in [0.25, 0.3) is 12.2 Å². The van der Waals surface area contributed by atoms with Crippen molar-refractivity contribution in [3.05, 3.63) is 93.8 Å². The van der Waals surface area contributed by atoms with Gasteiger partial charge in [-0.15, -0.1) is 0 Å². The van der Waals surface area contributed by atoms with Gasteiger partial charge in [0.25, 0.3) is 5.69 Å². The molecule has 3 rings (SSSR count). The molecule has 1 heterocycles. The number of carbonyl (C=O) groups excluding carboxylic acids is 1. The molecule has 0 spiro atoms. The van der Waals surface area contributed by atoms with Crippen molar-refractivity contribution in [1.29, 1.82) is 0 Å². The first-order valence-electron chi connectivity index (χ1n) is 8.28. The van der Waals surface area contributed by atoms with Gasteiger partial charge in [0, 0.05) is 23.5 Å². The second-order valence-electron chi connectivity index (χ2n) is 5.88. The molecule has 2 aromatic carbocycles. The van der Waals surface area contributed by atoms with E-state index in [1.807, 2.05) is 54.6 Å². The fourth-order valence-corrected chi connectivity index (χ4v) is 2.54. The minimum absolute atomic E-state index is 0.142. The zero-order chi connectivity index (χ0) is 19.2. The number of rotatable bonds is 6. The minimum atomic E-state index is -0.500. The number of benzene rings is 2. The Kier molecular flexibility index (Phi) is 5.37. The molecule has 134 valence electrons. The maximum atomic E-state index is 11.5. The Labute approximate surface area is 156 Å². The standard InChI is InChI=1S/C21H17N3O3/c1-15(25)17-9-11-20(21(14-17)24(26)27)23-19-7-4-5-16(13-19)8-10-18-6-2-3-12-22-18/h2-14,23H,1H3/b10-8+. The van der Waals surface area contributed by atoms with E-state index in [-0.39, 0.29) is 11.5 Å². The monoisotopic (exact) mass is 359 g/mol. The number of nitro benzene ring substituents is 1. The van der Waals surface area contributed by atoms with Crippen LogP contribution >= 0.6 is 0 Å². The number of nitro groups is 1. The van der Waals surface area contributed by atoms with Crippen molar-refractivity contribution >= 4 is 35.0 Å². The largest absolute Gasteiger partial charge is 0.350 e. The number of aromatic nitrogens is 1. The quantitative estimate of drug-likeness (QED) is 0.376. The van der Waals surface area contributed by atoms with Gasteiger partial charge < -0.3 is 5.32 Å². The van der Waals surface area contributed by atoms with Crippen molar-refractivity contribution < 1.29 is 9.72 Å². The van der Waals surface area contributed by atoms with Crippen molar-refractivity contribution in [2.75, 3.05) is 5.32 Å². The summed E-state index contributed by atoms with van der Waals surface area (Å²) in [5, 5.41) is 14.4. The number of Topliss-reactive ketones (excluding diaryl/α,β-unsaturated/α-hetero) is 1. The molecule has 0 bridgehead atoms. The zero-order valence-corrected chi connectivity index (χ0v) is 14.6. The van der Waals surface area contributed by atoms with Crippen LogP contribution in [-0.4, -0.2) is 15.7 Å². The molecule has 3 aromatic rings. The Hall–Kier alpha value is -3.80. The molecule has 0 aliphatic carbocycles. The van der Waals surface area contributed by atoms with Gasteiger partial charge in [-0.25, -0.2) is 0 Å². The summed E-state index contributed by atoms with van der Waals surface area (Å²) < 4.78 is 0. The first kappa shape index (κ1) is 18.0. The average molecular weight is 359 g/mol. The van der Waals surface area contributed by atoms with Crippen LogP contribution in [0.1, 0.15) is 28.5 Å². The number of ketones is 1. The lowest BCUT2D eigenvalue weighted by Gasteiger charge is -2.09. The number of hydrogen-bond acceptors (Lipinski definition) is 5. The minimum Gasteiger partial charge on any atom is -0.350 e. The summed E-state index contributed by atoms with van der Waals surface area (Å²) in [6.45, 7) is 1.38. The summed E-state index contributed by atoms with van der Waals surface area (Å²) >= 11 is 0. The highest BCUT2D eigenvalue weighted by molar-refractivity contribution is 5.95. The Morgan fingerprint density at radius 3 is 2.63 bits per heavy atom. The van der Waals surface area contributed by atoms with E-state index in [1.54, 1.807) is 18.3 Å². The Morgan fingerprint density at radius 2 is 1.93 bits per heavy atom. The van der Waals surface area contributed by atoms with Gasteiger partial charge in [-0.2, -0.15) is 0 Å². The number of hydrogen-bond donors (Lipinski definition) is 1. The number of nitrogens with one attached hydrogen (secondary N) is 1. The van der Waals surface area contributed by atoms with E-state index in [4.69, 9.17) is 0 Å². The van der Waals surface area contributed by atoms with Crippen molar-refractivity contribution in [2.45, 2.75) is 6.92 Å². The molecular formula is C21H17N3O3. The molecule has 0 fully saturated rings. The fourth-order valence-electron chi connectivity index (χ4n) is 2.54. The summed E-state index contributed by atoms with van der Waals surface area (Å²) in [7, 11) is 0. The third kappa shape index (κ3) is 4.64. The summed E-state index contributed by atoms with van der Waals surface area (Å²) in [4.78, 5) is 26.5. The highest BCUT2D eigenvalue weighted by Gasteiger charge is 2.16. The third-order valence-electron chi connectivity index (χ3n) is 3.90. The van der Waals surface area contributed by atoms with Crippen molar-refractivity contribution in [1.82, 2.24) is 4.98 Å². The maximum absolute atomic E-state index is 11.5. The Bertz CT molecular complexity index is 1010. The molecule has 0 amide bonds. The van der Waals surface area contributed by atoms with Gasteiger partial charge >= 0.3 is 0 Å². The molecule has 0 saturated heterocycles. The van der Waals surface area contributed by atoms with Crippen molar-refractivity contribution in [3.8, 4) is 0 Å². The van der Waals surface area contributed by atoms with Crippen LogP contribution in [0.2, 0.25) is 0 Å². The van der Waals surface area contributed by atoms with E-state index in [2.05, 4.69) is 10.3 Å². The summed E-state index contributed by atoms with van der Waals surface area (Å²) in [6.07, 6.45) is 5.53. The molecular weight excluding hydrogens is 342 g/mol. The van der Waals surface area contributed by atoms with E-state index in [0.29, 0.717) is 16.9 Å².